The second-order valence-electron chi connectivity index (χ2n) is 13.4. The largest absolute Gasteiger partial charge is 0.489 e. The lowest BCUT2D eigenvalue weighted by Gasteiger charge is -2.39. The van der Waals surface area contributed by atoms with E-state index in [1.807, 2.05) is 13.8 Å². The summed E-state index contributed by atoms with van der Waals surface area (Å²) in [5.74, 6) is 2.91. The molecule has 6 rings (SSSR count). The van der Waals surface area contributed by atoms with Gasteiger partial charge < -0.3 is 15.4 Å². The highest BCUT2D eigenvalue weighted by atomic mass is 35.5. The molecule has 10 heteroatoms. The first-order chi connectivity index (χ1) is 21.4. The zero-order valence-electron chi connectivity index (χ0n) is 27.0. The third kappa shape index (κ3) is 6.86. The maximum atomic E-state index is 13.0. The molecule has 240 valence electrons. The van der Waals surface area contributed by atoms with Gasteiger partial charge in [0, 0.05) is 12.1 Å². The van der Waals surface area contributed by atoms with Gasteiger partial charge in [0.2, 0.25) is 5.95 Å². The van der Waals surface area contributed by atoms with Gasteiger partial charge in [-0.05, 0) is 127 Å². The molecule has 0 unspecified atom stereocenters. The van der Waals surface area contributed by atoms with Crippen LogP contribution in [0.3, 0.4) is 0 Å². The smallest absolute Gasteiger partial charge is 0.229 e. The van der Waals surface area contributed by atoms with Crippen LogP contribution in [0.4, 0.5) is 23.1 Å². The van der Waals surface area contributed by atoms with Gasteiger partial charge in [-0.3, -0.25) is 4.90 Å². The SMILES string of the molecule is Cc1cc(Nc2ncc(Cl)c(Nc3ccccc3S(=O)(=O)C(C)C)n2)c(OC(C)C)cc1C1=C[C@@H](C2CC2)N(C)[C@@H](C2CC2)C1. The van der Waals surface area contributed by atoms with Crippen molar-refractivity contribution < 1.29 is 13.2 Å². The molecule has 8 nitrogen and oxygen atoms in total. The van der Waals surface area contributed by atoms with Crippen molar-refractivity contribution in [2.75, 3.05) is 17.7 Å². The van der Waals surface area contributed by atoms with E-state index in [4.69, 9.17) is 16.3 Å². The van der Waals surface area contributed by atoms with Crippen LogP contribution < -0.4 is 15.4 Å². The van der Waals surface area contributed by atoms with E-state index >= 15 is 0 Å². The number of anilines is 4. The number of nitrogens with one attached hydrogen (secondary N) is 2. The summed E-state index contributed by atoms with van der Waals surface area (Å²) in [5, 5.41) is 6.18. The van der Waals surface area contributed by atoms with Gasteiger partial charge in [0.25, 0.3) is 0 Å². The number of benzene rings is 2. The van der Waals surface area contributed by atoms with Crippen molar-refractivity contribution in [2.24, 2.45) is 11.8 Å². The Bertz CT molecular complexity index is 1720. The van der Waals surface area contributed by atoms with Gasteiger partial charge in [0.05, 0.1) is 33.8 Å². The zero-order valence-corrected chi connectivity index (χ0v) is 28.5. The summed E-state index contributed by atoms with van der Waals surface area (Å²) in [6, 6.07) is 12.1. The van der Waals surface area contributed by atoms with Crippen molar-refractivity contribution in [1.82, 2.24) is 14.9 Å². The Hall–Kier alpha value is -3.14. The molecule has 2 heterocycles. The van der Waals surface area contributed by atoms with Gasteiger partial charge in [-0.15, -0.1) is 0 Å². The summed E-state index contributed by atoms with van der Waals surface area (Å²) >= 11 is 6.50. The normalized spacial score (nSPS) is 20.8. The Kier molecular flexibility index (Phi) is 8.89. The van der Waals surface area contributed by atoms with E-state index in [1.54, 1.807) is 38.1 Å². The fourth-order valence-electron chi connectivity index (χ4n) is 6.39. The molecule has 2 aliphatic carbocycles. The van der Waals surface area contributed by atoms with Gasteiger partial charge in [0.1, 0.15) is 10.8 Å². The predicted octanol–water partition coefficient (Wildman–Crippen LogP) is 8.17. The first kappa shape index (κ1) is 31.8. The van der Waals surface area contributed by atoms with Gasteiger partial charge in [-0.25, -0.2) is 13.4 Å². The highest BCUT2D eigenvalue weighted by Crippen LogP contribution is 2.48. The average molecular weight is 650 g/mol. The third-order valence-corrected chi connectivity index (χ3v) is 11.6. The number of hydrogen-bond acceptors (Lipinski definition) is 8. The molecule has 0 radical (unpaired) electrons. The number of aromatic nitrogens is 2. The van der Waals surface area contributed by atoms with Gasteiger partial charge in [0.15, 0.2) is 15.7 Å². The summed E-state index contributed by atoms with van der Waals surface area (Å²) in [5.41, 5.74) is 4.98. The fourth-order valence-corrected chi connectivity index (χ4v) is 7.73. The lowest BCUT2D eigenvalue weighted by Crippen LogP contribution is -2.44. The number of rotatable bonds is 11. The van der Waals surface area contributed by atoms with Gasteiger partial charge >= 0.3 is 0 Å². The molecular formula is C35H44ClN5O3S. The molecule has 0 saturated heterocycles. The molecule has 0 bridgehead atoms. The van der Waals surface area contributed by atoms with Crippen LogP contribution in [0.5, 0.6) is 5.75 Å². The standard InChI is InChI=1S/C35H44ClN5O3S/c1-20(2)44-32-18-26(25-16-30(23-11-12-23)41(6)31(17-25)24-13-14-24)22(5)15-29(32)39-35-37-19-27(36)34(40-35)38-28-9-7-8-10-33(28)45(42,43)21(3)4/h7-10,15-16,18-21,23-24,30-31H,11-14,17H2,1-6H3,(H2,37,38,39,40)/t30-,31+/m0/s1. The lowest BCUT2D eigenvalue weighted by molar-refractivity contribution is 0.160. The molecule has 1 aliphatic heterocycles. The second kappa shape index (κ2) is 12.6. The maximum absolute atomic E-state index is 13.0. The summed E-state index contributed by atoms with van der Waals surface area (Å²) < 4.78 is 32.4. The number of aryl methyl sites for hydroxylation is 1. The Morgan fingerprint density at radius 3 is 2.38 bits per heavy atom. The van der Waals surface area contributed by atoms with Crippen molar-refractivity contribution in [1.29, 1.82) is 0 Å². The molecule has 1 aromatic heterocycles. The molecule has 0 spiro atoms. The number of likely N-dealkylation sites (N-methyl/N-ethyl adjacent to an activating group) is 1. The number of ether oxygens (including phenoxy) is 1. The molecule has 2 N–H and O–H groups in total. The van der Waals surface area contributed by atoms with E-state index in [-0.39, 0.29) is 16.0 Å². The molecular weight excluding hydrogens is 606 g/mol. The minimum atomic E-state index is -3.54. The molecule has 2 fully saturated rings. The van der Waals surface area contributed by atoms with E-state index in [0.29, 0.717) is 29.5 Å². The summed E-state index contributed by atoms with van der Waals surface area (Å²) in [6.45, 7) is 9.52. The minimum Gasteiger partial charge on any atom is -0.489 e. The molecule has 45 heavy (non-hydrogen) atoms. The van der Waals surface area contributed by atoms with Crippen LogP contribution in [0.25, 0.3) is 5.57 Å². The zero-order chi connectivity index (χ0) is 32.0. The Balaban J connectivity index is 1.31. The molecule has 3 aromatic rings. The monoisotopic (exact) mass is 649 g/mol. The Labute approximate surface area is 272 Å². The summed E-state index contributed by atoms with van der Waals surface area (Å²) in [4.78, 5) is 11.9. The van der Waals surface area contributed by atoms with Crippen LogP contribution in [-0.4, -0.2) is 53.8 Å². The summed E-state index contributed by atoms with van der Waals surface area (Å²) in [6.07, 6.45) is 10.3. The van der Waals surface area contributed by atoms with Crippen LogP contribution in [0.1, 0.15) is 70.9 Å². The molecule has 2 saturated carbocycles. The van der Waals surface area contributed by atoms with E-state index in [9.17, 15) is 8.42 Å². The minimum absolute atomic E-state index is 0.0335. The van der Waals surface area contributed by atoms with Crippen LogP contribution in [0, 0.1) is 18.8 Å². The first-order valence-corrected chi connectivity index (χ1v) is 18.0. The van der Waals surface area contributed by atoms with E-state index < -0.39 is 15.1 Å². The van der Waals surface area contributed by atoms with Gasteiger partial charge in [-0.1, -0.05) is 29.8 Å². The Morgan fingerprint density at radius 1 is 1.00 bits per heavy atom. The van der Waals surface area contributed by atoms with Crippen LogP contribution in [-0.2, 0) is 9.84 Å². The first-order valence-electron chi connectivity index (χ1n) is 16.1. The van der Waals surface area contributed by atoms with Crippen LogP contribution >= 0.6 is 11.6 Å². The molecule has 2 aromatic carbocycles. The Morgan fingerprint density at radius 2 is 1.71 bits per heavy atom. The average Bonchev–Trinajstić information content (AvgIpc) is 3.90. The quantitative estimate of drug-likeness (QED) is 0.215. The topological polar surface area (TPSA) is 96.5 Å². The predicted molar refractivity (Wildman–Crippen MR) is 183 cm³/mol. The van der Waals surface area contributed by atoms with Crippen molar-refractivity contribution in [3.63, 3.8) is 0 Å². The number of sulfone groups is 1. The lowest BCUT2D eigenvalue weighted by atomic mass is 9.85. The summed E-state index contributed by atoms with van der Waals surface area (Å²) in [7, 11) is -1.21. The van der Waals surface area contributed by atoms with Crippen LogP contribution in [0.15, 0.2) is 53.6 Å². The highest BCUT2D eigenvalue weighted by molar-refractivity contribution is 7.92. The molecule has 3 aliphatic rings. The number of halogens is 1. The van der Waals surface area contributed by atoms with Gasteiger partial charge in [-0.2, -0.15) is 4.98 Å². The van der Waals surface area contributed by atoms with E-state index in [1.165, 1.54) is 43.0 Å². The molecule has 2 atom stereocenters. The van der Waals surface area contributed by atoms with E-state index in [2.05, 4.69) is 57.7 Å². The van der Waals surface area contributed by atoms with E-state index in [0.717, 1.165) is 35.3 Å². The number of para-hydroxylation sites is 1. The fraction of sp³-hybridized carbons (Fsp3) is 0.486. The number of hydrogen-bond donors (Lipinski definition) is 2. The third-order valence-electron chi connectivity index (χ3n) is 9.16. The highest BCUT2D eigenvalue weighted by Gasteiger charge is 2.43. The number of nitrogens with zero attached hydrogens (tertiary/aromatic N) is 3. The second-order valence-corrected chi connectivity index (χ2v) is 16.2. The van der Waals surface area contributed by atoms with Crippen molar-refractivity contribution >= 4 is 50.2 Å². The van der Waals surface area contributed by atoms with Crippen LogP contribution in [0.2, 0.25) is 5.02 Å². The van der Waals surface area contributed by atoms with Crippen molar-refractivity contribution in [3.8, 4) is 5.75 Å². The van der Waals surface area contributed by atoms with Crippen molar-refractivity contribution in [2.45, 2.75) is 95.1 Å². The molecule has 0 amide bonds. The maximum Gasteiger partial charge on any atom is 0.229 e. The van der Waals surface area contributed by atoms with Crippen molar-refractivity contribution in [3.05, 3.63) is 64.8 Å².